The average Bonchev–Trinajstić information content (AvgIpc) is 2.99. The lowest BCUT2D eigenvalue weighted by Crippen LogP contribution is -2.50. The molecular weight excluding hydrogens is 484 g/mol. The van der Waals surface area contributed by atoms with Crippen LogP contribution in [0.1, 0.15) is 18.9 Å². The Bertz CT molecular complexity index is 1630. The van der Waals surface area contributed by atoms with E-state index >= 15 is 0 Å². The van der Waals surface area contributed by atoms with Gasteiger partial charge in [0.05, 0.1) is 23.0 Å². The summed E-state index contributed by atoms with van der Waals surface area (Å²) < 4.78 is 1.76. The SMILES string of the molecule is CC(CCNc1nc2ccccc2c(=O)n1Cc1ccccc1)N1CCN(c2ccc3ccccc3n2)CC1. The molecule has 1 aliphatic rings. The zero-order valence-electron chi connectivity index (χ0n) is 22.3. The number of para-hydroxylation sites is 2. The predicted molar refractivity (Wildman–Crippen MR) is 160 cm³/mol. The number of rotatable bonds is 8. The van der Waals surface area contributed by atoms with Crippen molar-refractivity contribution in [3.8, 4) is 0 Å². The monoisotopic (exact) mass is 518 g/mol. The summed E-state index contributed by atoms with van der Waals surface area (Å²) >= 11 is 0. The largest absolute Gasteiger partial charge is 0.355 e. The first-order valence-electron chi connectivity index (χ1n) is 13.8. The number of piperazine rings is 1. The van der Waals surface area contributed by atoms with Crippen LogP contribution in [0.25, 0.3) is 21.8 Å². The van der Waals surface area contributed by atoms with Gasteiger partial charge in [0, 0.05) is 44.2 Å². The molecule has 3 heterocycles. The van der Waals surface area contributed by atoms with Gasteiger partial charge in [-0.15, -0.1) is 0 Å². The summed E-state index contributed by atoms with van der Waals surface area (Å²) in [5, 5.41) is 5.31. The van der Waals surface area contributed by atoms with Crippen molar-refractivity contribution in [2.45, 2.75) is 25.9 Å². The molecule has 0 saturated carbocycles. The quantitative estimate of drug-likeness (QED) is 0.312. The first-order chi connectivity index (χ1) is 19.2. The fourth-order valence-electron chi connectivity index (χ4n) is 5.41. The zero-order chi connectivity index (χ0) is 26.6. The Morgan fingerprint density at radius 1 is 0.795 bits per heavy atom. The molecule has 5 aromatic rings. The third-order valence-electron chi connectivity index (χ3n) is 7.74. The number of nitrogens with one attached hydrogen (secondary N) is 1. The first-order valence-corrected chi connectivity index (χ1v) is 13.8. The van der Waals surface area contributed by atoms with Gasteiger partial charge in [-0.05, 0) is 49.2 Å². The number of anilines is 2. The molecule has 39 heavy (non-hydrogen) atoms. The van der Waals surface area contributed by atoms with Gasteiger partial charge < -0.3 is 10.2 Å². The van der Waals surface area contributed by atoms with Crippen molar-refractivity contribution in [2.24, 2.45) is 0 Å². The number of pyridine rings is 1. The van der Waals surface area contributed by atoms with Crippen molar-refractivity contribution in [1.82, 2.24) is 19.4 Å². The second-order valence-corrected chi connectivity index (χ2v) is 10.3. The smallest absolute Gasteiger partial charge is 0.263 e. The molecule has 7 heteroatoms. The minimum absolute atomic E-state index is 0.0153. The molecule has 1 unspecified atom stereocenters. The van der Waals surface area contributed by atoms with Crippen LogP contribution in [0.3, 0.4) is 0 Å². The molecule has 1 N–H and O–H groups in total. The molecule has 2 aromatic heterocycles. The van der Waals surface area contributed by atoms with Crippen LogP contribution in [-0.2, 0) is 6.54 Å². The van der Waals surface area contributed by atoms with Crippen LogP contribution in [0.2, 0.25) is 0 Å². The van der Waals surface area contributed by atoms with Crippen molar-refractivity contribution >= 4 is 33.6 Å². The van der Waals surface area contributed by atoms with E-state index in [0.29, 0.717) is 23.9 Å². The third kappa shape index (κ3) is 5.49. The van der Waals surface area contributed by atoms with Gasteiger partial charge in [-0.3, -0.25) is 14.3 Å². The average molecular weight is 519 g/mol. The van der Waals surface area contributed by atoms with Crippen molar-refractivity contribution in [3.63, 3.8) is 0 Å². The Hall–Kier alpha value is -4.23. The zero-order valence-corrected chi connectivity index (χ0v) is 22.3. The predicted octanol–water partition coefficient (Wildman–Crippen LogP) is 5.01. The number of benzene rings is 3. The number of fused-ring (bicyclic) bond motifs is 2. The van der Waals surface area contributed by atoms with E-state index < -0.39 is 0 Å². The van der Waals surface area contributed by atoms with Gasteiger partial charge in [-0.2, -0.15) is 0 Å². The van der Waals surface area contributed by atoms with Gasteiger partial charge in [-0.1, -0.05) is 60.7 Å². The molecule has 1 fully saturated rings. The molecular formula is C32H34N6O. The summed E-state index contributed by atoms with van der Waals surface area (Å²) in [5.74, 6) is 1.68. The Morgan fingerprint density at radius 3 is 2.33 bits per heavy atom. The van der Waals surface area contributed by atoms with E-state index in [1.807, 2.05) is 60.7 Å². The van der Waals surface area contributed by atoms with Gasteiger partial charge in [0.25, 0.3) is 5.56 Å². The molecule has 3 aromatic carbocycles. The molecule has 1 saturated heterocycles. The van der Waals surface area contributed by atoms with Crippen molar-refractivity contribution < 1.29 is 0 Å². The fourth-order valence-corrected chi connectivity index (χ4v) is 5.41. The van der Waals surface area contributed by atoms with E-state index in [0.717, 1.165) is 61.6 Å². The van der Waals surface area contributed by atoms with Gasteiger partial charge in [-0.25, -0.2) is 9.97 Å². The lowest BCUT2D eigenvalue weighted by atomic mass is 10.1. The number of aromatic nitrogens is 3. The molecule has 1 atom stereocenters. The lowest BCUT2D eigenvalue weighted by molar-refractivity contribution is 0.191. The van der Waals surface area contributed by atoms with Crippen LogP contribution in [0.4, 0.5) is 11.8 Å². The summed E-state index contributed by atoms with van der Waals surface area (Å²) in [4.78, 5) is 28.0. The molecule has 0 spiro atoms. The molecule has 0 amide bonds. The molecule has 0 aliphatic carbocycles. The van der Waals surface area contributed by atoms with Crippen LogP contribution in [-0.4, -0.2) is 58.2 Å². The normalized spacial score (nSPS) is 15.1. The van der Waals surface area contributed by atoms with E-state index in [9.17, 15) is 4.79 Å². The highest BCUT2D eigenvalue weighted by Crippen LogP contribution is 2.20. The minimum Gasteiger partial charge on any atom is -0.355 e. The number of nitrogens with zero attached hydrogens (tertiary/aromatic N) is 5. The molecule has 1 aliphatic heterocycles. The van der Waals surface area contributed by atoms with Crippen LogP contribution >= 0.6 is 0 Å². The number of hydrogen-bond donors (Lipinski definition) is 1. The van der Waals surface area contributed by atoms with E-state index in [4.69, 9.17) is 9.97 Å². The Morgan fingerprint density at radius 2 is 1.51 bits per heavy atom. The highest BCUT2D eigenvalue weighted by atomic mass is 16.1. The fraction of sp³-hybridized carbons (Fsp3) is 0.281. The summed E-state index contributed by atoms with van der Waals surface area (Å²) in [5.41, 5.74) is 2.83. The van der Waals surface area contributed by atoms with Crippen molar-refractivity contribution in [2.75, 3.05) is 42.9 Å². The van der Waals surface area contributed by atoms with Gasteiger partial charge >= 0.3 is 0 Å². The van der Waals surface area contributed by atoms with Crippen LogP contribution < -0.4 is 15.8 Å². The van der Waals surface area contributed by atoms with E-state index in [2.05, 4.69) is 52.4 Å². The molecule has 6 rings (SSSR count). The third-order valence-corrected chi connectivity index (χ3v) is 7.74. The van der Waals surface area contributed by atoms with E-state index in [1.54, 1.807) is 4.57 Å². The van der Waals surface area contributed by atoms with Crippen LogP contribution in [0.15, 0.2) is 95.8 Å². The maximum Gasteiger partial charge on any atom is 0.263 e. The standard InChI is InChI=1S/C32H34N6O/c1-24(36-19-21-37(22-20-36)30-16-15-26-11-5-7-13-28(26)34-30)17-18-33-32-35-29-14-8-6-12-27(29)31(39)38(32)23-25-9-3-2-4-10-25/h2-16,24H,17-23H2,1H3,(H,33,35). The molecule has 198 valence electrons. The minimum atomic E-state index is -0.0153. The topological polar surface area (TPSA) is 66.3 Å². The first kappa shape index (κ1) is 25.1. The molecule has 7 nitrogen and oxygen atoms in total. The highest BCUT2D eigenvalue weighted by molar-refractivity contribution is 5.80. The second-order valence-electron chi connectivity index (χ2n) is 10.3. The molecule has 0 bridgehead atoms. The maximum absolute atomic E-state index is 13.4. The second kappa shape index (κ2) is 11.3. The summed E-state index contributed by atoms with van der Waals surface area (Å²) in [6, 6.07) is 30.6. The van der Waals surface area contributed by atoms with Crippen molar-refractivity contribution in [3.05, 3.63) is 107 Å². The van der Waals surface area contributed by atoms with Gasteiger partial charge in [0.1, 0.15) is 5.82 Å². The highest BCUT2D eigenvalue weighted by Gasteiger charge is 2.22. The Kier molecular flexibility index (Phi) is 7.23. The Balaban J connectivity index is 1.09. The Labute approximate surface area is 228 Å². The number of hydrogen-bond acceptors (Lipinski definition) is 6. The van der Waals surface area contributed by atoms with E-state index in [-0.39, 0.29) is 5.56 Å². The van der Waals surface area contributed by atoms with Crippen LogP contribution in [0, 0.1) is 0 Å². The van der Waals surface area contributed by atoms with Gasteiger partial charge in [0.15, 0.2) is 0 Å². The summed E-state index contributed by atoms with van der Waals surface area (Å²) in [7, 11) is 0. The molecule has 0 radical (unpaired) electrons. The van der Waals surface area contributed by atoms with Crippen LogP contribution in [0.5, 0.6) is 0 Å². The van der Waals surface area contributed by atoms with Gasteiger partial charge in [0.2, 0.25) is 5.95 Å². The lowest BCUT2D eigenvalue weighted by Gasteiger charge is -2.38. The van der Waals surface area contributed by atoms with E-state index in [1.165, 1.54) is 5.39 Å². The van der Waals surface area contributed by atoms with Crippen molar-refractivity contribution in [1.29, 1.82) is 0 Å². The summed E-state index contributed by atoms with van der Waals surface area (Å²) in [6.45, 7) is 7.45. The maximum atomic E-state index is 13.4. The summed E-state index contributed by atoms with van der Waals surface area (Å²) in [6.07, 6.45) is 0.961.